The predicted molar refractivity (Wildman–Crippen MR) is 131 cm³/mol. The smallest absolute Gasteiger partial charge is 0.263 e. The number of aromatic nitrogens is 3. The van der Waals surface area contributed by atoms with Gasteiger partial charge in [-0.25, -0.2) is 23.4 Å². The largest absolute Gasteiger partial charge is 0.340 e. The van der Waals surface area contributed by atoms with Crippen LogP contribution in [0, 0.1) is 0 Å². The maximum absolute atomic E-state index is 12.7. The minimum absolute atomic E-state index is 0.166. The third kappa shape index (κ3) is 4.17. The van der Waals surface area contributed by atoms with Crippen LogP contribution < -0.4 is 10.0 Å². The maximum atomic E-state index is 12.7. The number of pyridine rings is 1. The highest BCUT2D eigenvalue weighted by Gasteiger charge is 2.21. The van der Waals surface area contributed by atoms with Crippen molar-refractivity contribution in [1.82, 2.24) is 15.0 Å². The molecule has 4 aromatic rings. The zero-order valence-corrected chi connectivity index (χ0v) is 19.8. The van der Waals surface area contributed by atoms with E-state index in [0.29, 0.717) is 0 Å². The van der Waals surface area contributed by atoms with Gasteiger partial charge in [0, 0.05) is 16.8 Å². The molecule has 5 rings (SSSR count). The molecule has 0 spiro atoms. The van der Waals surface area contributed by atoms with Crippen molar-refractivity contribution in [2.45, 2.75) is 35.7 Å². The van der Waals surface area contributed by atoms with E-state index >= 15 is 0 Å². The van der Waals surface area contributed by atoms with Crippen molar-refractivity contribution in [3.63, 3.8) is 0 Å². The molecule has 0 saturated heterocycles. The van der Waals surface area contributed by atoms with E-state index in [2.05, 4.69) is 15.0 Å². The highest BCUT2D eigenvalue weighted by molar-refractivity contribution is 7.98. The lowest BCUT2D eigenvalue weighted by atomic mass is 9.97. The summed E-state index contributed by atoms with van der Waals surface area (Å²) in [5, 5.41) is 5.21. The molecule has 10 heteroatoms. The van der Waals surface area contributed by atoms with Gasteiger partial charge in [-0.2, -0.15) is 0 Å². The Bertz CT molecular complexity index is 1370. The standard InChI is InChI=1S/C22H21N5O2S3/c1-30-22-25-20(19-16-6-2-3-7-17(16)31-21(19)26-22)24-14-9-11-15(12-10-14)32(28,29)27-18-8-4-5-13-23-18/h4-5,8-13H,2-3,6-7H2,1H3,(H,23,27)(H,24,25,26). The van der Waals surface area contributed by atoms with Crippen LogP contribution in [-0.4, -0.2) is 29.6 Å². The van der Waals surface area contributed by atoms with E-state index in [-0.39, 0.29) is 10.7 Å². The summed E-state index contributed by atoms with van der Waals surface area (Å²) < 4.78 is 27.8. The Hall–Kier alpha value is -2.69. The topological polar surface area (TPSA) is 96.9 Å². The number of sulfonamides is 1. The summed E-state index contributed by atoms with van der Waals surface area (Å²) >= 11 is 3.27. The second kappa shape index (κ2) is 8.68. The fourth-order valence-electron chi connectivity index (χ4n) is 3.79. The van der Waals surface area contributed by atoms with Gasteiger partial charge in [0.2, 0.25) is 0 Å². The molecule has 1 aliphatic carbocycles. The van der Waals surface area contributed by atoms with Gasteiger partial charge in [-0.3, -0.25) is 4.72 Å². The van der Waals surface area contributed by atoms with E-state index in [1.165, 1.54) is 35.0 Å². The van der Waals surface area contributed by atoms with Crippen molar-refractivity contribution < 1.29 is 8.42 Å². The van der Waals surface area contributed by atoms with Crippen LogP contribution in [0.4, 0.5) is 17.3 Å². The molecule has 3 heterocycles. The number of hydrogen-bond donors (Lipinski definition) is 2. The number of thioether (sulfide) groups is 1. The van der Waals surface area contributed by atoms with E-state index in [1.807, 2.05) is 6.26 Å². The van der Waals surface area contributed by atoms with Gasteiger partial charge in [-0.05, 0) is 73.9 Å². The Morgan fingerprint density at radius 2 is 1.84 bits per heavy atom. The van der Waals surface area contributed by atoms with Crippen LogP contribution in [0.15, 0.2) is 58.7 Å². The predicted octanol–water partition coefficient (Wildman–Crippen LogP) is 5.23. The summed E-state index contributed by atoms with van der Waals surface area (Å²) in [6, 6.07) is 11.7. The Morgan fingerprint density at radius 1 is 1.03 bits per heavy atom. The summed E-state index contributed by atoms with van der Waals surface area (Å²) in [5.41, 5.74) is 2.12. The molecule has 7 nitrogen and oxygen atoms in total. The van der Waals surface area contributed by atoms with Crippen molar-refractivity contribution in [2.75, 3.05) is 16.3 Å². The van der Waals surface area contributed by atoms with Crippen molar-refractivity contribution in [2.24, 2.45) is 0 Å². The molecule has 1 aromatic carbocycles. The number of nitrogens with zero attached hydrogens (tertiary/aromatic N) is 3. The number of nitrogens with one attached hydrogen (secondary N) is 2. The van der Waals surface area contributed by atoms with E-state index in [9.17, 15) is 8.42 Å². The van der Waals surface area contributed by atoms with Crippen LogP contribution in [0.1, 0.15) is 23.3 Å². The van der Waals surface area contributed by atoms with Crippen LogP contribution in [0.3, 0.4) is 0 Å². The number of fused-ring (bicyclic) bond motifs is 3. The van der Waals surface area contributed by atoms with Gasteiger partial charge >= 0.3 is 0 Å². The number of anilines is 3. The van der Waals surface area contributed by atoms with E-state index < -0.39 is 10.0 Å². The maximum Gasteiger partial charge on any atom is 0.263 e. The normalized spacial score (nSPS) is 13.7. The molecule has 0 radical (unpaired) electrons. The first-order chi connectivity index (χ1) is 15.5. The minimum Gasteiger partial charge on any atom is -0.340 e. The lowest BCUT2D eigenvalue weighted by molar-refractivity contribution is 0.601. The number of rotatable bonds is 6. The van der Waals surface area contributed by atoms with Gasteiger partial charge in [-0.1, -0.05) is 17.8 Å². The lowest BCUT2D eigenvalue weighted by Crippen LogP contribution is -2.13. The summed E-state index contributed by atoms with van der Waals surface area (Å²) in [6.45, 7) is 0. The number of aryl methyl sites for hydroxylation is 2. The molecule has 32 heavy (non-hydrogen) atoms. The van der Waals surface area contributed by atoms with Crippen molar-refractivity contribution in [3.8, 4) is 0 Å². The highest BCUT2D eigenvalue weighted by Crippen LogP contribution is 2.40. The molecule has 164 valence electrons. The molecule has 0 saturated carbocycles. The molecule has 2 N–H and O–H groups in total. The van der Waals surface area contributed by atoms with Gasteiger partial charge in [0.15, 0.2) is 5.16 Å². The average Bonchev–Trinajstić information content (AvgIpc) is 3.18. The van der Waals surface area contributed by atoms with Crippen LogP contribution in [0.25, 0.3) is 10.2 Å². The molecule has 3 aromatic heterocycles. The van der Waals surface area contributed by atoms with Crippen molar-refractivity contribution in [3.05, 3.63) is 59.1 Å². The van der Waals surface area contributed by atoms with Gasteiger partial charge in [-0.15, -0.1) is 11.3 Å². The highest BCUT2D eigenvalue weighted by atomic mass is 32.2. The monoisotopic (exact) mass is 483 g/mol. The SMILES string of the molecule is CSc1nc(Nc2ccc(S(=O)(=O)Nc3ccccn3)cc2)c2c3c(sc2n1)CCCC3. The minimum atomic E-state index is -3.72. The van der Waals surface area contributed by atoms with Gasteiger partial charge in [0.1, 0.15) is 16.5 Å². The summed E-state index contributed by atoms with van der Waals surface area (Å²) in [5.74, 6) is 1.06. The second-order valence-corrected chi connectivity index (χ2v) is 11.0. The Morgan fingerprint density at radius 3 is 2.59 bits per heavy atom. The second-order valence-electron chi connectivity index (χ2n) is 7.42. The van der Waals surface area contributed by atoms with Crippen LogP contribution in [-0.2, 0) is 22.9 Å². The molecule has 0 bridgehead atoms. The van der Waals surface area contributed by atoms with Crippen LogP contribution in [0.2, 0.25) is 0 Å². The Labute approximate surface area is 194 Å². The molecular formula is C22H21N5O2S3. The molecule has 0 fully saturated rings. The van der Waals surface area contributed by atoms with E-state index in [0.717, 1.165) is 39.7 Å². The van der Waals surface area contributed by atoms with Gasteiger partial charge in [0.05, 0.1) is 10.3 Å². The summed E-state index contributed by atoms with van der Waals surface area (Å²) in [7, 11) is -3.72. The van der Waals surface area contributed by atoms with Gasteiger partial charge < -0.3 is 5.32 Å². The molecule has 0 aliphatic heterocycles. The molecule has 0 amide bonds. The van der Waals surface area contributed by atoms with E-state index in [4.69, 9.17) is 9.97 Å². The van der Waals surface area contributed by atoms with Crippen molar-refractivity contribution >= 4 is 60.7 Å². The average molecular weight is 484 g/mol. The molecular weight excluding hydrogens is 462 g/mol. The molecule has 0 unspecified atom stereocenters. The summed E-state index contributed by atoms with van der Waals surface area (Å²) in [4.78, 5) is 16.1. The zero-order valence-electron chi connectivity index (χ0n) is 17.3. The third-order valence-electron chi connectivity index (χ3n) is 5.31. The first-order valence-corrected chi connectivity index (χ1v) is 13.7. The Kier molecular flexibility index (Phi) is 5.75. The summed E-state index contributed by atoms with van der Waals surface area (Å²) in [6.07, 6.45) is 8.04. The lowest BCUT2D eigenvalue weighted by Gasteiger charge is -2.13. The van der Waals surface area contributed by atoms with Crippen molar-refractivity contribution in [1.29, 1.82) is 0 Å². The molecule has 1 aliphatic rings. The number of thiophene rings is 1. The zero-order chi connectivity index (χ0) is 22.1. The van der Waals surface area contributed by atoms with Crippen LogP contribution >= 0.6 is 23.1 Å². The first kappa shape index (κ1) is 21.2. The fraction of sp³-hybridized carbons (Fsp3) is 0.227. The number of benzene rings is 1. The molecule has 0 atom stereocenters. The quantitative estimate of drug-likeness (QED) is 0.286. The van der Waals surface area contributed by atoms with E-state index in [1.54, 1.807) is 60.0 Å². The first-order valence-electron chi connectivity index (χ1n) is 10.2. The fourth-order valence-corrected chi connectivity index (χ4v) is 6.49. The van der Waals surface area contributed by atoms with Gasteiger partial charge in [0.25, 0.3) is 10.0 Å². The third-order valence-corrected chi connectivity index (χ3v) is 8.41. The number of hydrogen-bond acceptors (Lipinski definition) is 8. The Balaban J connectivity index is 1.45. The van der Waals surface area contributed by atoms with Crippen LogP contribution in [0.5, 0.6) is 0 Å².